The van der Waals surface area contributed by atoms with Crippen LogP contribution in [0.5, 0.6) is 0 Å². The van der Waals surface area contributed by atoms with Gasteiger partial charge in [0.1, 0.15) is 0 Å². The number of rotatable bonds is 7. The van der Waals surface area contributed by atoms with Crippen molar-refractivity contribution in [3.63, 3.8) is 0 Å². The normalized spacial score (nSPS) is 11.2. The molecule has 0 unspecified atom stereocenters. The fraction of sp³-hybridized carbons (Fsp3) is 0.182. The van der Waals surface area contributed by atoms with Crippen LogP contribution in [0.4, 0.5) is 0 Å². The van der Waals surface area contributed by atoms with E-state index in [4.69, 9.17) is 23.2 Å². The van der Waals surface area contributed by atoms with Crippen LogP contribution in [0.15, 0.2) is 58.1 Å². The maximum Gasteiger partial charge on any atom is 0.250 e. The molecule has 2 aromatic carbocycles. The third-order valence-corrected chi connectivity index (χ3v) is 6.44. The Kier molecular flexibility index (Phi) is 8.06. The Morgan fingerprint density at radius 1 is 1.20 bits per heavy atom. The summed E-state index contributed by atoms with van der Waals surface area (Å²) in [5, 5.41) is 5.28. The lowest BCUT2D eigenvalue weighted by Gasteiger charge is -2.11. The van der Waals surface area contributed by atoms with Gasteiger partial charge in [0.15, 0.2) is 0 Å². The van der Waals surface area contributed by atoms with E-state index in [9.17, 15) is 4.79 Å². The predicted molar refractivity (Wildman–Crippen MR) is 131 cm³/mol. The van der Waals surface area contributed by atoms with Gasteiger partial charge in [-0.15, -0.1) is 11.8 Å². The second-order valence-corrected chi connectivity index (χ2v) is 9.42. The number of thioether (sulfide) groups is 1. The van der Waals surface area contributed by atoms with Crippen molar-refractivity contribution in [1.82, 2.24) is 9.99 Å². The highest BCUT2D eigenvalue weighted by Gasteiger charge is 2.12. The van der Waals surface area contributed by atoms with Gasteiger partial charge in [-0.2, -0.15) is 5.10 Å². The van der Waals surface area contributed by atoms with E-state index in [-0.39, 0.29) is 5.91 Å². The number of nitrogens with zero attached hydrogens (tertiary/aromatic N) is 2. The van der Waals surface area contributed by atoms with Crippen molar-refractivity contribution in [2.45, 2.75) is 19.6 Å². The monoisotopic (exact) mass is 523 g/mol. The van der Waals surface area contributed by atoms with E-state index >= 15 is 0 Å². The molecule has 0 atom stereocenters. The molecule has 0 spiro atoms. The number of amides is 1. The molecule has 3 aromatic rings. The average Bonchev–Trinajstić information content (AvgIpc) is 2.96. The third-order valence-electron chi connectivity index (χ3n) is 4.40. The first-order chi connectivity index (χ1) is 14.3. The van der Waals surface area contributed by atoms with Gasteiger partial charge in [0.25, 0.3) is 0 Å². The van der Waals surface area contributed by atoms with Crippen molar-refractivity contribution in [2.24, 2.45) is 5.10 Å². The van der Waals surface area contributed by atoms with Gasteiger partial charge in [0.2, 0.25) is 5.91 Å². The standard InChI is InChI=1S/C22H20BrCl2N3OS/c1-14-8-17(15(2)28(14)21-7-6-19(24)10-20(21)25)11-26-27-22(29)13-30-12-16-4-3-5-18(23)9-16/h3-11H,12-13H2,1-2H3,(H,27,29)/b26-11+. The van der Waals surface area contributed by atoms with Crippen LogP contribution in [-0.4, -0.2) is 22.4 Å². The topological polar surface area (TPSA) is 46.4 Å². The number of aromatic nitrogens is 1. The van der Waals surface area contributed by atoms with Crippen LogP contribution >= 0.6 is 50.9 Å². The molecule has 0 fully saturated rings. The average molecular weight is 525 g/mol. The molecule has 4 nitrogen and oxygen atoms in total. The van der Waals surface area contributed by atoms with Crippen LogP contribution in [-0.2, 0) is 10.5 Å². The zero-order valence-corrected chi connectivity index (χ0v) is 20.4. The molecule has 1 amide bonds. The number of hydrazone groups is 1. The van der Waals surface area contributed by atoms with Crippen LogP contribution < -0.4 is 5.43 Å². The molecule has 1 aromatic heterocycles. The van der Waals surface area contributed by atoms with Crippen molar-refractivity contribution in [3.8, 4) is 5.69 Å². The van der Waals surface area contributed by atoms with Crippen molar-refractivity contribution in [1.29, 1.82) is 0 Å². The second kappa shape index (κ2) is 10.5. The minimum atomic E-state index is -0.138. The molecular formula is C22H20BrCl2N3OS. The van der Waals surface area contributed by atoms with Gasteiger partial charge in [0, 0.05) is 32.2 Å². The van der Waals surface area contributed by atoms with Gasteiger partial charge in [-0.1, -0.05) is 51.3 Å². The van der Waals surface area contributed by atoms with Gasteiger partial charge >= 0.3 is 0 Å². The predicted octanol–water partition coefficient (Wildman–Crippen LogP) is 6.55. The molecule has 0 saturated heterocycles. The molecular weight excluding hydrogens is 505 g/mol. The highest BCUT2D eigenvalue weighted by molar-refractivity contribution is 9.10. The highest BCUT2D eigenvalue weighted by atomic mass is 79.9. The molecule has 0 aliphatic heterocycles. The van der Waals surface area contributed by atoms with Gasteiger partial charge in [-0.05, 0) is 55.8 Å². The Bertz CT molecular complexity index is 1100. The zero-order valence-electron chi connectivity index (χ0n) is 16.5. The lowest BCUT2D eigenvalue weighted by molar-refractivity contribution is -0.118. The quantitative estimate of drug-likeness (QED) is 0.281. The Balaban J connectivity index is 1.59. The summed E-state index contributed by atoms with van der Waals surface area (Å²) in [4.78, 5) is 12.1. The van der Waals surface area contributed by atoms with E-state index in [0.717, 1.165) is 32.9 Å². The fourth-order valence-electron chi connectivity index (χ4n) is 3.05. The summed E-state index contributed by atoms with van der Waals surface area (Å²) in [6.07, 6.45) is 1.65. The van der Waals surface area contributed by atoms with E-state index in [1.807, 2.05) is 54.8 Å². The Hall–Kier alpha value is -1.73. The summed E-state index contributed by atoms with van der Waals surface area (Å²) in [6, 6.07) is 15.5. The van der Waals surface area contributed by atoms with Crippen LogP contribution in [0.2, 0.25) is 10.0 Å². The number of nitrogens with one attached hydrogen (secondary N) is 1. The van der Waals surface area contributed by atoms with E-state index in [1.165, 1.54) is 5.56 Å². The van der Waals surface area contributed by atoms with Crippen LogP contribution in [0.25, 0.3) is 5.69 Å². The van der Waals surface area contributed by atoms with Crippen molar-refractivity contribution in [2.75, 3.05) is 5.75 Å². The van der Waals surface area contributed by atoms with Crippen LogP contribution in [0.3, 0.4) is 0 Å². The van der Waals surface area contributed by atoms with Crippen LogP contribution in [0.1, 0.15) is 22.5 Å². The second-order valence-electron chi connectivity index (χ2n) is 6.67. The maximum atomic E-state index is 12.1. The Labute approximate surface area is 198 Å². The summed E-state index contributed by atoms with van der Waals surface area (Å²) in [5.41, 5.74) is 7.49. The Morgan fingerprint density at radius 3 is 2.73 bits per heavy atom. The highest BCUT2D eigenvalue weighted by Crippen LogP contribution is 2.28. The molecule has 0 bridgehead atoms. The minimum Gasteiger partial charge on any atom is -0.316 e. The fourth-order valence-corrected chi connectivity index (χ4v) is 4.75. The maximum absolute atomic E-state index is 12.1. The van der Waals surface area contributed by atoms with Crippen molar-refractivity contribution < 1.29 is 4.79 Å². The van der Waals surface area contributed by atoms with Crippen molar-refractivity contribution >= 4 is 63.0 Å². The molecule has 1 N–H and O–H groups in total. The summed E-state index contributed by atoms with van der Waals surface area (Å²) in [6.45, 7) is 3.97. The van der Waals surface area contributed by atoms with Crippen LogP contribution in [0, 0.1) is 13.8 Å². The molecule has 30 heavy (non-hydrogen) atoms. The number of halogens is 3. The largest absolute Gasteiger partial charge is 0.316 e. The summed E-state index contributed by atoms with van der Waals surface area (Å²) in [5.74, 6) is 0.962. The van der Waals surface area contributed by atoms with E-state index in [2.05, 4.69) is 26.5 Å². The zero-order chi connectivity index (χ0) is 21.7. The van der Waals surface area contributed by atoms with Crippen molar-refractivity contribution in [3.05, 3.63) is 85.6 Å². The lowest BCUT2D eigenvalue weighted by atomic mass is 10.2. The molecule has 1 heterocycles. The molecule has 3 rings (SSSR count). The molecule has 0 aliphatic carbocycles. The van der Waals surface area contributed by atoms with Gasteiger partial charge in [-0.25, -0.2) is 5.43 Å². The van der Waals surface area contributed by atoms with Gasteiger partial charge in [-0.3, -0.25) is 4.79 Å². The molecule has 156 valence electrons. The number of aryl methyl sites for hydroxylation is 1. The number of carbonyl (C=O) groups is 1. The first kappa shape index (κ1) is 22.9. The SMILES string of the molecule is Cc1cc(/C=N/NC(=O)CSCc2cccc(Br)c2)c(C)n1-c1ccc(Cl)cc1Cl. The summed E-state index contributed by atoms with van der Waals surface area (Å²) >= 11 is 17.4. The smallest absolute Gasteiger partial charge is 0.250 e. The first-order valence-corrected chi connectivity index (χ1v) is 11.8. The molecule has 8 heteroatoms. The molecule has 0 aliphatic rings. The number of hydrogen-bond donors (Lipinski definition) is 1. The number of hydrogen-bond acceptors (Lipinski definition) is 3. The first-order valence-electron chi connectivity index (χ1n) is 9.13. The molecule has 0 radical (unpaired) electrons. The number of carbonyl (C=O) groups excluding carboxylic acids is 1. The van der Waals surface area contributed by atoms with Gasteiger partial charge in [0.05, 0.1) is 22.7 Å². The number of benzene rings is 2. The van der Waals surface area contributed by atoms with Gasteiger partial charge < -0.3 is 4.57 Å². The lowest BCUT2D eigenvalue weighted by Crippen LogP contribution is -2.19. The van der Waals surface area contributed by atoms with E-state index in [1.54, 1.807) is 30.1 Å². The summed E-state index contributed by atoms with van der Waals surface area (Å²) in [7, 11) is 0. The minimum absolute atomic E-state index is 0.138. The third kappa shape index (κ3) is 5.91. The van der Waals surface area contributed by atoms with E-state index < -0.39 is 0 Å². The summed E-state index contributed by atoms with van der Waals surface area (Å²) < 4.78 is 3.07. The molecule has 0 saturated carbocycles. The Morgan fingerprint density at radius 2 is 2.00 bits per heavy atom. The van der Waals surface area contributed by atoms with E-state index in [0.29, 0.717) is 15.8 Å².